The maximum absolute atomic E-state index is 13.2. The van der Waals surface area contributed by atoms with E-state index in [4.69, 9.17) is 0 Å². The fourth-order valence-corrected chi connectivity index (χ4v) is 4.54. The summed E-state index contributed by atoms with van der Waals surface area (Å²) < 4.78 is 28.1. The number of hydrogen-bond donors (Lipinski definition) is 2. The lowest BCUT2D eigenvalue weighted by Gasteiger charge is -2.32. The minimum Gasteiger partial charge on any atom is -0.368 e. The number of sulfonamides is 1. The summed E-state index contributed by atoms with van der Waals surface area (Å²) in [5.41, 5.74) is 1.74. The molecular formula is C22H30N4O3S. The van der Waals surface area contributed by atoms with E-state index in [0.717, 1.165) is 44.7 Å². The molecule has 0 bridgehead atoms. The van der Waals surface area contributed by atoms with Gasteiger partial charge < -0.3 is 15.1 Å². The number of hydrogen-bond acceptors (Lipinski definition) is 5. The Morgan fingerprint density at radius 3 is 2.50 bits per heavy atom. The number of rotatable bonds is 8. The second kappa shape index (κ2) is 9.95. The van der Waals surface area contributed by atoms with Crippen LogP contribution in [0.3, 0.4) is 0 Å². The van der Waals surface area contributed by atoms with Gasteiger partial charge in [-0.3, -0.25) is 9.52 Å². The molecule has 0 aliphatic carbocycles. The van der Waals surface area contributed by atoms with Crippen molar-refractivity contribution in [3.63, 3.8) is 0 Å². The summed E-state index contributed by atoms with van der Waals surface area (Å²) in [4.78, 5) is 17.3. The topological polar surface area (TPSA) is 81.8 Å². The third-order valence-corrected chi connectivity index (χ3v) is 6.58. The van der Waals surface area contributed by atoms with Gasteiger partial charge in [0.25, 0.3) is 15.9 Å². The van der Waals surface area contributed by atoms with Crippen molar-refractivity contribution in [2.75, 3.05) is 49.4 Å². The van der Waals surface area contributed by atoms with Crippen molar-refractivity contribution in [3.05, 3.63) is 54.1 Å². The number of carbonyl (C=O) groups is 1. The highest BCUT2D eigenvalue weighted by molar-refractivity contribution is 7.92. The van der Waals surface area contributed by atoms with Crippen LogP contribution >= 0.6 is 0 Å². The SMILES string of the molecule is CCCCN(C)C(=O)c1cc(NS(=O)(=O)c2ccccc2)ccc1N1CCNCC1. The average molecular weight is 431 g/mol. The lowest BCUT2D eigenvalue weighted by atomic mass is 10.1. The van der Waals surface area contributed by atoms with Gasteiger partial charge in [0.2, 0.25) is 0 Å². The highest BCUT2D eigenvalue weighted by Crippen LogP contribution is 2.27. The molecule has 0 spiro atoms. The molecule has 162 valence electrons. The number of amides is 1. The molecule has 1 aliphatic rings. The molecule has 0 saturated carbocycles. The molecule has 0 radical (unpaired) electrons. The normalized spacial score (nSPS) is 14.4. The second-order valence-electron chi connectivity index (χ2n) is 7.47. The molecule has 0 unspecified atom stereocenters. The van der Waals surface area contributed by atoms with Gasteiger partial charge in [0, 0.05) is 51.1 Å². The summed E-state index contributed by atoms with van der Waals surface area (Å²) >= 11 is 0. The third-order valence-electron chi connectivity index (χ3n) is 5.18. The molecule has 0 atom stereocenters. The van der Waals surface area contributed by atoms with Crippen molar-refractivity contribution >= 4 is 27.3 Å². The van der Waals surface area contributed by atoms with Crippen molar-refractivity contribution in [1.29, 1.82) is 0 Å². The Labute approximate surface area is 179 Å². The van der Waals surface area contributed by atoms with Gasteiger partial charge in [-0.2, -0.15) is 0 Å². The molecule has 3 rings (SSSR count). The number of benzene rings is 2. The van der Waals surface area contributed by atoms with E-state index in [2.05, 4.69) is 21.9 Å². The number of piperazine rings is 1. The standard InChI is InChI=1S/C22H30N4O3S/c1-3-4-14-25(2)22(27)20-17-18(10-11-21(20)26-15-12-23-13-16-26)24-30(28,29)19-8-6-5-7-9-19/h5-11,17,23-24H,3-4,12-16H2,1-2H3. The minimum atomic E-state index is -3.73. The number of unbranched alkanes of at least 4 members (excludes halogenated alkanes) is 1. The first-order valence-corrected chi connectivity index (χ1v) is 11.8. The van der Waals surface area contributed by atoms with Gasteiger partial charge in [-0.15, -0.1) is 0 Å². The van der Waals surface area contributed by atoms with Crippen molar-refractivity contribution in [3.8, 4) is 0 Å². The minimum absolute atomic E-state index is 0.0993. The largest absolute Gasteiger partial charge is 0.368 e. The first-order valence-electron chi connectivity index (χ1n) is 10.4. The zero-order valence-electron chi connectivity index (χ0n) is 17.6. The second-order valence-corrected chi connectivity index (χ2v) is 9.15. The van der Waals surface area contributed by atoms with Crippen LogP contribution in [0.4, 0.5) is 11.4 Å². The molecule has 1 aliphatic heterocycles. The third kappa shape index (κ3) is 5.31. The van der Waals surface area contributed by atoms with Crippen LogP contribution < -0.4 is 14.9 Å². The smallest absolute Gasteiger partial charge is 0.261 e. The Morgan fingerprint density at radius 1 is 1.13 bits per heavy atom. The molecule has 2 aromatic rings. The number of nitrogens with one attached hydrogen (secondary N) is 2. The molecule has 8 heteroatoms. The van der Waals surface area contributed by atoms with Gasteiger partial charge in [0.15, 0.2) is 0 Å². The first-order chi connectivity index (χ1) is 14.4. The quantitative estimate of drug-likeness (QED) is 0.673. The molecular weight excluding hydrogens is 400 g/mol. The van der Waals surface area contributed by atoms with E-state index in [1.54, 1.807) is 54.4 Å². The Morgan fingerprint density at radius 2 is 1.83 bits per heavy atom. The fraction of sp³-hybridized carbons (Fsp3) is 0.409. The first kappa shape index (κ1) is 22.1. The zero-order valence-corrected chi connectivity index (χ0v) is 18.4. The van der Waals surface area contributed by atoms with E-state index in [0.29, 0.717) is 17.8 Å². The molecule has 1 heterocycles. The Bertz CT molecular complexity index is 958. The number of carbonyl (C=O) groups excluding carboxylic acids is 1. The Kier molecular flexibility index (Phi) is 7.33. The van der Waals surface area contributed by atoms with Gasteiger partial charge in [-0.25, -0.2) is 8.42 Å². The molecule has 2 aromatic carbocycles. The van der Waals surface area contributed by atoms with Crippen molar-refractivity contribution in [2.24, 2.45) is 0 Å². The molecule has 1 fully saturated rings. The lowest BCUT2D eigenvalue weighted by Crippen LogP contribution is -2.44. The monoisotopic (exact) mass is 430 g/mol. The van der Waals surface area contributed by atoms with E-state index in [1.165, 1.54) is 0 Å². The van der Waals surface area contributed by atoms with Crippen LogP contribution in [0.25, 0.3) is 0 Å². The highest BCUT2D eigenvalue weighted by Gasteiger charge is 2.22. The van der Waals surface area contributed by atoms with Crippen molar-refractivity contribution in [1.82, 2.24) is 10.2 Å². The van der Waals surface area contributed by atoms with Gasteiger partial charge in [0.1, 0.15) is 0 Å². The van der Waals surface area contributed by atoms with E-state index < -0.39 is 10.0 Å². The van der Waals surface area contributed by atoms with E-state index in [9.17, 15) is 13.2 Å². The Balaban J connectivity index is 1.93. The van der Waals surface area contributed by atoms with Crippen LogP contribution in [0.15, 0.2) is 53.4 Å². The van der Waals surface area contributed by atoms with E-state index in [1.807, 2.05) is 6.07 Å². The Hall–Kier alpha value is -2.58. The maximum atomic E-state index is 13.2. The predicted octanol–water partition coefficient (Wildman–Crippen LogP) is 2.77. The molecule has 1 amide bonds. The van der Waals surface area contributed by atoms with Gasteiger partial charge >= 0.3 is 0 Å². The van der Waals surface area contributed by atoms with Crippen LogP contribution in [0, 0.1) is 0 Å². The van der Waals surface area contributed by atoms with Crippen LogP contribution in [0.1, 0.15) is 30.1 Å². The predicted molar refractivity (Wildman–Crippen MR) is 121 cm³/mol. The van der Waals surface area contributed by atoms with Crippen molar-refractivity contribution in [2.45, 2.75) is 24.7 Å². The molecule has 7 nitrogen and oxygen atoms in total. The lowest BCUT2D eigenvalue weighted by molar-refractivity contribution is 0.0794. The molecule has 1 saturated heterocycles. The van der Waals surface area contributed by atoms with Gasteiger partial charge in [-0.05, 0) is 36.8 Å². The summed E-state index contributed by atoms with van der Waals surface area (Å²) in [7, 11) is -1.93. The summed E-state index contributed by atoms with van der Waals surface area (Å²) in [6, 6.07) is 13.4. The van der Waals surface area contributed by atoms with E-state index >= 15 is 0 Å². The number of anilines is 2. The zero-order chi connectivity index (χ0) is 21.6. The maximum Gasteiger partial charge on any atom is 0.261 e. The van der Waals surface area contributed by atoms with Gasteiger partial charge in [-0.1, -0.05) is 31.5 Å². The molecule has 2 N–H and O–H groups in total. The van der Waals surface area contributed by atoms with Crippen LogP contribution in [-0.2, 0) is 10.0 Å². The van der Waals surface area contributed by atoms with Crippen LogP contribution in [-0.4, -0.2) is 59.0 Å². The molecule has 0 aromatic heterocycles. The summed E-state index contributed by atoms with van der Waals surface area (Å²) in [5.74, 6) is -0.0993. The summed E-state index contributed by atoms with van der Waals surface area (Å²) in [6.45, 7) is 6.05. The van der Waals surface area contributed by atoms with Crippen molar-refractivity contribution < 1.29 is 13.2 Å². The fourth-order valence-electron chi connectivity index (χ4n) is 3.47. The average Bonchev–Trinajstić information content (AvgIpc) is 2.78. The summed E-state index contributed by atoms with van der Waals surface area (Å²) in [5, 5.41) is 3.32. The summed E-state index contributed by atoms with van der Waals surface area (Å²) in [6.07, 6.45) is 1.92. The van der Waals surface area contributed by atoms with E-state index in [-0.39, 0.29) is 10.8 Å². The molecule has 30 heavy (non-hydrogen) atoms. The number of nitrogens with zero attached hydrogens (tertiary/aromatic N) is 2. The van der Waals surface area contributed by atoms with Crippen LogP contribution in [0.2, 0.25) is 0 Å². The highest BCUT2D eigenvalue weighted by atomic mass is 32.2. The van der Waals surface area contributed by atoms with Crippen LogP contribution in [0.5, 0.6) is 0 Å². The van der Waals surface area contributed by atoms with Gasteiger partial charge in [0.05, 0.1) is 10.5 Å².